The minimum Gasteiger partial charge on any atom is -0.389 e. The Morgan fingerprint density at radius 2 is 2.17 bits per heavy atom. The van der Waals surface area contributed by atoms with Crippen molar-refractivity contribution in [2.24, 2.45) is 5.92 Å². The molecule has 1 aromatic carbocycles. The summed E-state index contributed by atoms with van der Waals surface area (Å²) in [6.07, 6.45) is 4.22. The molecule has 18 heavy (non-hydrogen) atoms. The standard InChI is InChI=1S/C15H21FOS/c1-10-5-3-6-12(9-10)18-14-8-4-7-13(16)15(14)11(2)17/h4,7-8,10-12,17H,3,5-6,9H2,1-2H3/t10?,11-,12?/m0/s1. The molecule has 0 heterocycles. The number of hydrogen-bond donors (Lipinski definition) is 1. The van der Waals surface area contributed by atoms with Gasteiger partial charge in [-0.3, -0.25) is 0 Å². The Morgan fingerprint density at radius 3 is 2.83 bits per heavy atom. The average molecular weight is 268 g/mol. The predicted octanol–water partition coefficient (Wildman–Crippen LogP) is 4.55. The Hall–Kier alpha value is -0.540. The van der Waals surface area contributed by atoms with Crippen LogP contribution in [0.25, 0.3) is 0 Å². The minimum atomic E-state index is -0.741. The lowest BCUT2D eigenvalue weighted by Crippen LogP contribution is -2.15. The van der Waals surface area contributed by atoms with Gasteiger partial charge in [-0.1, -0.05) is 25.8 Å². The molecule has 1 aromatic rings. The van der Waals surface area contributed by atoms with E-state index in [1.165, 1.54) is 31.7 Å². The normalized spacial score (nSPS) is 26.0. The van der Waals surface area contributed by atoms with E-state index in [-0.39, 0.29) is 5.82 Å². The highest BCUT2D eigenvalue weighted by atomic mass is 32.2. The topological polar surface area (TPSA) is 20.2 Å². The van der Waals surface area contributed by atoms with Crippen molar-refractivity contribution in [2.45, 2.75) is 55.8 Å². The van der Waals surface area contributed by atoms with E-state index in [0.29, 0.717) is 10.8 Å². The van der Waals surface area contributed by atoms with Crippen LogP contribution in [0.1, 0.15) is 51.2 Å². The second kappa shape index (κ2) is 6.07. The fourth-order valence-electron chi connectivity index (χ4n) is 2.69. The molecular weight excluding hydrogens is 247 g/mol. The van der Waals surface area contributed by atoms with Gasteiger partial charge in [0.25, 0.3) is 0 Å². The number of thioether (sulfide) groups is 1. The Labute approximate surface area is 113 Å². The van der Waals surface area contributed by atoms with Crippen molar-refractivity contribution in [3.8, 4) is 0 Å². The van der Waals surface area contributed by atoms with E-state index in [1.54, 1.807) is 24.8 Å². The van der Waals surface area contributed by atoms with Crippen LogP contribution in [0.15, 0.2) is 23.1 Å². The van der Waals surface area contributed by atoms with Gasteiger partial charge in [0.1, 0.15) is 5.82 Å². The molecule has 2 rings (SSSR count). The van der Waals surface area contributed by atoms with Gasteiger partial charge >= 0.3 is 0 Å². The summed E-state index contributed by atoms with van der Waals surface area (Å²) in [6, 6.07) is 5.08. The summed E-state index contributed by atoms with van der Waals surface area (Å²) in [5.41, 5.74) is 0.459. The summed E-state index contributed by atoms with van der Waals surface area (Å²) in [6.45, 7) is 3.92. The van der Waals surface area contributed by atoms with Gasteiger partial charge in [-0.25, -0.2) is 4.39 Å². The van der Waals surface area contributed by atoms with Crippen molar-refractivity contribution in [2.75, 3.05) is 0 Å². The lowest BCUT2D eigenvalue weighted by Gasteiger charge is -2.27. The van der Waals surface area contributed by atoms with Gasteiger partial charge in [-0.05, 0) is 37.8 Å². The third-order valence-electron chi connectivity index (χ3n) is 3.61. The van der Waals surface area contributed by atoms with Crippen molar-refractivity contribution in [1.82, 2.24) is 0 Å². The van der Waals surface area contributed by atoms with Crippen molar-refractivity contribution in [1.29, 1.82) is 0 Å². The molecule has 100 valence electrons. The van der Waals surface area contributed by atoms with E-state index in [9.17, 15) is 9.50 Å². The van der Waals surface area contributed by atoms with Crippen molar-refractivity contribution in [3.63, 3.8) is 0 Å². The molecule has 1 fully saturated rings. The molecule has 0 saturated heterocycles. The molecule has 1 nitrogen and oxygen atoms in total. The van der Waals surface area contributed by atoms with E-state index in [4.69, 9.17) is 0 Å². The van der Waals surface area contributed by atoms with E-state index >= 15 is 0 Å². The second-order valence-corrected chi connectivity index (χ2v) is 6.68. The van der Waals surface area contributed by atoms with Gasteiger partial charge < -0.3 is 5.11 Å². The molecule has 0 bridgehead atoms. The summed E-state index contributed by atoms with van der Waals surface area (Å²) < 4.78 is 13.8. The molecule has 0 aliphatic heterocycles. The summed E-state index contributed by atoms with van der Waals surface area (Å²) in [4.78, 5) is 0.907. The molecule has 3 atom stereocenters. The van der Waals surface area contributed by atoms with Gasteiger partial charge in [0.05, 0.1) is 6.10 Å². The molecule has 1 aliphatic rings. The van der Waals surface area contributed by atoms with E-state index in [2.05, 4.69) is 6.92 Å². The zero-order valence-electron chi connectivity index (χ0n) is 11.0. The molecular formula is C15H21FOS. The highest BCUT2D eigenvalue weighted by Gasteiger charge is 2.22. The lowest BCUT2D eigenvalue weighted by molar-refractivity contribution is 0.191. The van der Waals surface area contributed by atoms with E-state index < -0.39 is 6.10 Å². The van der Waals surface area contributed by atoms with Crippen LogP contribution >= 0.6 is 11.8 Å². The smallest absolute Gasteiger partial charge is 0.130 e. The monoisotopic (exact) mass is 268 g/mol. The lowest BCUT2D eigenvalue weighted by atomic mass is 9.91. The van der Waals surface area contributed by atoms with Gasteiger partial charge in [0, 0.05) is 15.7 Å². The molecule has 0 amide bonds. The van der Waals surface area contributed by atoms with Crippen LogP contribution < -0.4 is 0 Å². The number of aliphatic hydroxyl groups excluding tert-OH is 1. The Kier molecular flexibility index (Phi) is 4.68. The highest BCUT2D eigenvalue weighted by Crippen LogP contribution is 2.39. The van der Waals surface area contributed by atoms with Gasteiger partial charge in [0.2, 0.25) is 0 Å². The first-order valence-corrected chi connectivity index (χ1v) is 7.59. The summed E-state index contributed by atoms with van der Waals surface area (Å²) >= 11 is 1.74. The van der Waals surface area contributed by atoms with Crippen LogP contribution in [0.5, 0.6) is 0 Å². The number of halogens is 1. The maximum absolute atomic E-state index is 13.8. The van der Waals surface area contributed by atoms with E-state index in [0.717, 1.165) is 10.8 Å². The summed E-state index contributed by atoms with van der Waals surface area (Å²) in [5.74, 6) is 0.471. The number of rotatable bonds is 3. The summed E-state index contributed by atoms with van der Waals surface area (Å²) in [5, 5.41) is 10.3. The number of hydrogen-bond acceptors (Lipinski definition) is 2. The molecule has 1 aliphatic carbocycles. The number of aliphatic hydroxyl groups is 1. The molecule has 0 radical (unpaired) electrons. The largest absolute Gasteiger partial charge is 0.389 e. The fraction of sp³-hybridized carbons (Fsp3) is 0.600. The molecule has 0 spiro atoms. The average Bonchev–Trinajstić information content (AvgIpc) is 2.28. The Balaban J connectivity index is 2.15. The predicted molar refractivity (Wildman–Crippen MR) is 74.3 cm³/mol. The highest BCUT2D eigenvalue weighted by molar-refractivity contribution is 8.00. The van der Waals surface area contributed by atoms with Crippen molar-refractivity contribution in [3.05, 3.63) is 29.6 Å². The van der Waals surface area contributed by atoms with Crippen LogP contribution in [0.3, 0.4) is 0 Å². The van der Waals surface area contributed by atoms with Crippen LogP contribution in [0, 0.1) is 11.7 Å². The maximum Gasteiger partial charge on any atom is 0.130 e. The summed E-state index contributed by atoms with van der Waals surface area (Å²) in [7, 11) is 0. The van der Waals surface area contributed by atoms with Crippen molar-refractivity contribution >= 4 is 11.8 Å². The zero-order valence-corrected chi connectivity index (χ0v) is 11.8. The fourth-order valence-corrected chi connectivity index (χ4v) is 4.31. The third-order valence-corrected chi connectivity index (χ3v) is 4.98. The first kappa shape index (κ1) is 13.9. The SMILES string of the molecule is CC1CCCC(Sc2cccc(F)c2[C@H](C)O)C1. The van der Waals surface area contributed by atoms with Crippen LogP contribution in [0.4, 0.5) is 4.39 Å². The third kappa shape index (κ3) is 3.27. The maximum atomic E-state index is 13.8. The number of benzene rings is 1. The van der Waals surface area contributed by atoms with Crippen LogP contribution in [-0.2, 0) is 0 Å². The van der Waals surface area contributed by atoms with Crippen LogP contribution in [0.2, 0.25) is 0 Å². The van der Waals surface area contributed by atoms with Gasteiger partial charge in [-0.15, -0.1) is 11.8 Å². The molecule has 0 aromatic heterocycles. The molecule has 1 N–H and O–H groups in total. The first-order valence-electron chi connectivity index (χ1n) is 6.71. The first-order chi connectivity index (χ1) is 8.58. The van der Waals surface area contributed by atoms with Gasteiger partial charge in [-0.2, -0.15) is 0 Å². The Morgan fingerprint density at radius 1 is 1.39 bits per heavy atom. The van der Waals surface area contributed by atoms with E-state index in [1.807, 2.05) is 6.07 Å². The van der Waals surface area contributed by atoms with Crippen LogP contribution in [-0.4, -0.2) is 10.4 Å². The zero-order chi connectivity index (χ0) is 13.1. The van der Waals surface area contributed by atoms with Crippen molar-refractivity contribution < 1.29 is 9.50 Å². The Bertz CT molecular complexity index is 405. The second-order valence-electron chi connectivity index (χ2n) is 5.34. The molecule has 1 saturated carbocycles. The molecule has 3 heteroatoms. The van der Waals surface area contributed by atoms with Gasteiger partial charge in [0.15, 0.2) is 0 Å². The quantitative estimate of drug-likeness (QED) is 0.868. The minimum absolute atomic E-state index is 0.293. The molecule has 2 unspecified atom stereocenters.